The quantitative estimate of drug-likeness (QED) is 0.598. The van der Waals surface area contributed by atoms with Gasteiger partial charge in [0.1, 0.15) is 0 Å². The van der Waals surface area contributed by atoms with Gasteiger partial charge in [0.2, 0.25) is 0 Å². The van der Waals surface area contributed by atoms with E-state index in [9.17, 15) is 10.1 Å². The summed E-state index contributed by atoms with van der Waals surface area (Å²) >= 11 is 0. The molecular weight excluding hydrogens is 228 g/mol. The lowest BCUT2D eigenvalue weighted by Crippen LogP contribution is -2.09. The first kappa shape index (κ1) is 11.0. The average molecular weight is 242 g/mol. The molecule has 4 nitrogen and oxygen atoms in total. The molecule has 0 amide bonds. The van der Waals surface area contributed by atoms with Gasteiger partial charge in [-0.05, 0) is 31.4 Å². The van der Waals surface area contributed by atoms with E-state index in [1.165, 1.54) is 12.1 Å². The number of para-hydroxylation sites is 1. The summed E-state index contributed by atoms with van der Waals surface area (Å²) in [6.07, 6.45) is 5.41. The maximum atomic E-state index is 11.1. The van der Waals surface area contributed by atoms with Crippen molar-refractivity contribution in [3.8, 4) is 11.1 Å². The van der Waals surface area contributed by atoms with E-state index in [2.05, 4.69) is 4.57 Å². The second-order valence-electron chi connectivity index (χ2n) is 4.60. The van der Waals surface area contributed by atoms with Crippen LogP contribution in [0.1, 0.15) is 18.5 Å². The van der Waals surface area contributed by atoms with Crippen molar-refractivity contribution in [3.05, 3.63) is 52.3 Å². The maximum Gasteiger partial charge on any atom is 0.277 e. The van der Waals surface area contributed by atoms with Crippen LogP contribution in [0, 0.1) is 10.1 Å². The van der Waals surface area contributed by atoms with Crippen molar-refractivity contribution in [2.75, 3.05) is 0 Å². The summed E-state index contributed by atoms with van der Waals surface area (Å²) in [7, 11) is 0. The topological polar surface area (TPSA) is 48.1 Å². The highest BCUT2D eigenvalue weighted by atomic mass is 16.6. The molecule has 4 heteroatoms. The van der Waals surface area contributed by atoms with Gasteiger partial charge in [0.25, 0.3) is 5.69 Å². The second kappa shape index (κ2) is 4.29. The van der Waals surface area contributed by atoms with Gasteiger partial charge in [-0.2, -0.15) is 0 Å². The first-order valence-corrected chi connectivity index (χ1v) is 6.19. The van der Waals surface area contributed by atoms with Crippen LogP contribution in [0.4, 0.5) is 5.69 Å². The zero-order valence-corrected chi connectivity index (χ0v) is 10.0. The number of hydrogen-bond donors (Lipinski definition) is 0. The molecule has 0 radical (unpaired) electrons. The van der Waals surface area contributed by atoms with E-state index < -0.39 is 0 Å². The van der Waals surface area contributed by atoms with Gasteiger partial charge in [-0.1, -0.05) is 12.1 Å². The van der Waals surface area contributed by atoms with E-state index in [0.29, 0.717) is 0 Å². The third-order valence-electron chi connectivity index (χ3n) is 3.53. The highest BCUT2D eigenvalue weighted by Gasteiger charge is 2.20. The molecular formula is C14H14N2O2. The largest absolute Gasteiger partial charge is 0.351 e. The lowest BCUT2D eigenvalue weighted by molar-refractivity contribution is -0.384. The van der Waals surface area contributed by atoms with Crippen molar-refractivity contribution in [1.82, 2.24) is 4.57 Å². The van der Waals surface area contributed by atoms with Gasteiger partial charge in [0.05, 0.1) is 10.5 Å². The Morgan fingerprint density at radius 1 is 1.11 bits per heavy atom. The number of nitro benzene ring substituents is 1. The van der Waals surface area contributed by atoms with Crippen molar-refractivity contribution >= 4 is 5.69 Å². The van der Waals surface area contributed by atoms with Crippen molar-refractivity contribution < 1.29 is 4.92 Å². The molecule has 0 saturated carbocycles. The fourth-order valence-electron chi connectivity index (χ4n) is 2.67. The Morgan fingerprint density at radius 2 is 1.94 bits per heavy atom. The fourth-order valence-corrected chi connectivity index (χ4v) is 2.67. The van der Waals surface area contributed by atoms with Crippen LogP contribution in [-0.2, 0) is 13.0 Å². The van der Waals surface area contributed by atoms with E-state index in [1.807, 2.05) is 24.4 Å². The van der Waals surface area contributed by atoms with Crippen molar-refractivity contribution in [1.29, 1.82) is 0 Å². The van der Waals surface area contributed by atoms with Crippen LogP contribution in [-0.4, -0.2) is 9.49 Å². The summed E-state index contributed by atoms with van der Waals surface area (Å²) in [5.74, 6) is 0. The molecule has 0 saturated heterocycles. The number of aromatic nitrogens is 1. The standard InChI is InChI=1S/C14H14N2O2/c17-16(18)14-7-2-1-5-11(14)12-8-10-15-9-4-3-6-13(12)15/h1-2,5,7-8,10H,3-4,6,9H2. The number of hydrogen-bond acceptors (Lipinski definition) is 2. The molecule has 0 unspecified atom stereocenters. The smallest absolute Gasteiger partial charge is 0.277 e. The van der Waals surface area contributed by atoms with Gasteiger partial charge >= 0.3 is 0 Å². The summed E-state index contributed by atoms with van der Waals surface area (Å²) in [6, 6.07) is 8.98. The molecule has 2 heterocycles. The minimum absolute atomic E-state index is 0.192. The zero-order valence-electron chi connectivity index (χ0n) is 10.0. The Morgan fingerprint density at radius 3 is 2.78 bits per heavy atom. The Balaban J connectivity index is 2.15. The highest BCUT2D eigenvalue weighted by molar-refractivity contribution is 5.75. The summed E-state index contributed by atoms with van der Waals surface area (Å²) in [5, 5.41) is 11.1. The molecule has 0 atom stereocenters. The predicted molar refractivity (Wildman–Crippen MR) is 69.5 cm³/mol. The van der Waals surface area contributed by atoms with Crippen molar-refractivity contribution in [2.45, 2.75) is 25.8 Å². The van der Waals surface area contributed by atoms with E-state index in [-0.39, 0.29) is 10.6 Å². The third kappa shape index (κ3) is 1.70. The molecule has 0 spiro atoms. The van der Waals surface area contributed by atoms with Gasteiger partial charge in [-0.15, -0.1) is 0 Å². The first-order chi connectivity index (χ1) is 8.77. The molecule has 0 N–H and O–H groups in total. The van der Waals surface area contributed by atoms with Crippen LogP contribution in [0.2, 0.25) is 0 Å². The van der Waals surface area contributed by atoms with E-state index >= 15 is 0 Å². The summed E-state index contributed by atoms with van der Waals surface area (Å²) in [6.45, 7) is 1.02. The normalized spacial score (nSPS) is 14.2. The van der Waals surface area contributed by atoms with Gasteiger partial charge in [0, 0.05) is 30.1 Å². The molecule has 1 aromatic heterocycles. The lowest BCUT2D eigenvalue weighted by atomic mass is 10.00. The van der Waals surface area contributed by atoms with Crippen LogP contribution in [0.25, 0.3) is 11.1 Å². The van der Waals surface area contributed by atoms with Gasteiger partial charge in [-0.25, -0.2) is 0 Å². The maximum absolute atomic E-state index is 11.1. The molecule has 1 aliphatic heterocycles. The highest BCUT2D eigenvalue weighted by Crippen LogP contribution is 2.34. The number of nitro groups is 1. The van der Waals surface area contributed by atoms with E-state index in [1.54, 1.807) is 12.1 Å². The number of fused-ring (bicyclic) bond motifs is 1. The average Bonchev–Trinajstić information content (AvgIpc) is 2.82. The zero-order chi connectivity index (χ0) is 12.5. The molecule has 2 aromatic rings. The molecule has 3 rings (SSSR count). The van der Waals surface area contributed by atoms with Gasteiger partial charge in [-0.3, -0.25) is 10.1 Å². The molecule has 0 bridgehead atoms. The number of rotatable bonds is 2. The fraction of sp³-hybridized carbons (Fsp3) is 0.286. The minimum atomic E-state index is -0.303. The molecule has 92 valence electrons. The van der Waals surface area contributed by atoms with Crippen molar-refractivity contribution in [2.24, 2.45) is 0 Å². The summed E-state index contributed by atoms with van der Waals surface area (Å²) in [5.41, 5.74) is 3.17. The van der Waals surface area contributed by atoms with Crippen LogP contribution in [0.3, 0.4) is 0 Å². The first-order valence-electron chi connectivity index (χ1n) is 6.19. The number of nitrogens with zero attached hydrogens (tertiary/aromatic N) is 2. The molecule has 0 fully saturated rings. The van der Waals surface area contributed by atoms with E-state index in [4.69, 9.17) is 0 Å². The summed E-state index contributed by atoms with van der Waals surface area (Å²) in [4.78, 5) is 10.8. The number of benzene rings is 1. The Labute approximate surface area is 105 Å². The Hall–Kier alpha value is -2.10. The van der Waals surface area contributed by atoms with Gasteiger partial charge in [0.15, 0.2) is 0 Å². The lowest BCUT2D eigenvalue weighted by Gasteiger charge is -2.16. The van der Waals surface area contributed by atoms with E-state index in [0.717, 1.165) is 30.5 Å². The monoisotopic (exact) mass is 242 g/mol. The predicted octanol–water partition coefficient (Wildman–Crippen LogP) is 3.40. The molecule has 18 heavy (non-hydrogen) atoms. The SMILES string of the molecule is O=[N+]([O-])c1ccccc1-c1ccn2c1CCCC2. The van der Waals surface area contributed by atoms with Crippen LogP contribution >= 0.6 is 0 Å². The molecule has 1 aromatic carbocycles. The second-order valence-corrected chi connectivity index (χ2v) is 4.60. The Bertz CT molecular complexity index is 602. The Kier molecular flexibility index (Phi) is 2.63. The minimum Gasteiger partial charge on any atom is -0.351 e. The third-order valence-corrected chi connectivity index (χ3v) is 3.53. The summed E-state index contributed by atoms with van der Waals surface area (Å²) < 4.78 is 2.22. The van der Waals surface area contributed by atoms with Crippen molar-refractivity contribution in [3.63, 3.8) is 0 Å². The van der Waals surface area contributed by atoms with Crippen LogP contribution < -0.4 is 0 Å². The van der Waals surface area contributed by atoms with Crippen LogP contribution in [0.15, 0.2) is 36.5 Å². The van der Waals surface area contributed by atoms with Gasteiger partial charge < -0.3 is 4.57 Å². The number of aryl methyl sites for hydroxylation is 1. The molecule has 1 aliphatic rings. The molecule has 0 aliphatic carbocycles. The van der Waals surface area contributed by atoms with Crippen LogP contribution in [0.5, 0.6) is 0 Å².